The van der Waals surface area contributed by atoms with E-state index >= 15 is 0 Å². The largest absolute Gasteiger partial charge is 0.297 e. The van der Waals surface area contributed by atoms with Gasteiger partial charge >= 0.3 is 0 Å². The monoisotopic (exact) mass is 227 g/mol. The lowest BCUT2D eigenvalue weighted by atomic mass is 9.92. The van der Waals surface area contributed by atoms with Crippen molar-refractivity contribution in [3.05, 3.63) is 35.4 Å². The van der Waals surface area contributed by atoms with Crippen LogP contribution >= 0.6 is 0 Å². The summed E-state index contributed by atoms with van der Waals surface area (Å²) >= 11 is 0. The number of carbonyl (C=O) groups is 1. The van der Waals surface area contributed by atoms with E-state index in [4.69, 9.17) is 0 Å². The summed E-state index contributed by atoms with van der Waals surface area (Å²) in [5.74, 6) is -1.79. The Labute approximate surface area is 93.9 Å². The molecule has 0 saturated carbocycles. The number of rotatable bonds is 3. The molecule has 88 valence electrons. The second kappa shape index (κ2) is 4.29. The molecule has 0 radical (unpaired) electrons. The van der Waals surface area contributed by atoms with Gasteiger partial charge in [-0.05, 0) is 40.1 Å². The molecule has 4 heteroatoms. The van der Waals surface area contributed by atoms with Crippen molar-refractivity contribution in [2.45, 2.75) is 19.4 Å². The first-order chi connectivity index (χ1) is 7.25. The standard InChI is InChI=1S/C12H15F2NO/c1-12(2,15(3)4)11(16)8-5-9(13)7-10(14)6-8/h5-7H,1-4H3. The maximum absolute atomic E-state index is 13.0. The Kier molecular flexibility index (Phi) is 3.43. The van der Waals surface area contributed by atoms with E-state index < -0.39 is 17.2 Å². The molecule has 2 nitrogen and oxygen atoms in total. The summed E-state index contributed by atoms with van der Waals surface area (Å²) < 4.78 is 25.9. The lowest BCUT2D eigenvalue weighted by Gasteiger charge is -2.30. The summed E-state index contributed by atoms with van der Waals surface area (Å²) in [6.07, 6.45) is 0. The Morgan fingerprint density at radius 1 is 1.12 bits per heavy atom. The predicted octanol–water partition coefficient (Wildman–Crippen LogP) is 2.49. The minimum Gasteiger partial charge on any atom is -0.297 e. The van der Waals surface area contributed by atoms with Crippen molar-refractivity contribution in [2.24, 2.45) is 0 Å². The van der Waals surface area contributed by atoms with E-state index in [9.17, 15) is 13.6 Å². The molecule has 0 fully saturated rings. The van der Waals surface area contributed by atoms with Crippen LogP contribution in [0.2, 0.25) is 0 Å². The first kappa shape index (κ1) is 12.8. The molecule has 0 atom stereocenters. The summed E-state index contributed by atoms with van der Waals surface area (Å²) in [7, 11) is 3.49. The molecule has 1 aromatic carbocycles. The van der Waals surface area contributed by atoms with Gasteiger partial charge < -0.3 is 0 Å². The fraction of sp³-hybridized carbons (Fsp3) is 0.417. The van der Waals surface area contributed by atoms with E-state index in [1.165, 1.54) is 0 Å². The minimum absolute atomic E-state index is 0.0520. The van der Waals surface area contributed by atoms with Gasteiger partial charge in [-0.25, -0.2) is 8.78 Å². The molecule has 0 aliphatic rings. The minimum atomic E-state index is -0.791. The highest BCUT2D eigenvalue weighted by Gasteiger charge is 2.31. The molecule has 0 unspecified atom stereocenters. The lowest BCUT2D eigenvalue weighted by Crippen LogP contribution is -2.45. The van der Waals surface area contributed by atoms with Crippen LogP contribution in [-0.2, 0) is 0 Å². The van der Waals surface area contributed by atoms with Crippen LogP contribution in [0.1, 0.15) is 24.2 Å². The number of likely N-dealkylation sites (N-methyl/N-ethyl adjacent to an activating group) is 1. The Balaban J connectivity index is 3.15. The van der Waals surface area contributed by atoms with Crippen LogP contribution in [-0.4, -0.2) is 30.3 Å². The van der Waals surface area contributed by atoms with Gasteiger partial charge in [-0.2, -0.15) is 0 Å². The third-order valence-electron chi connectivity index (χ3n) is 2.80. The zero-order chi connectivity index (χ0) is 12.5. The second-order valence-corrected chi connectivity index (χ2v) is 4.44. The number of ketones is 1. The van der Waals surface area contributed by atoms with Crippen LogP contribution in [0.3, 0.4) is 0 Å². The fourth-order valence-corrected chi connectivity index (χ4v) is 1.24. The SMILES string of the molecule is CN(C)C(C)(C)C(=O)c1cc(F)cc(F)c1. The van der Waals surface area contributed by atoms with Crippen LogP contribution in [0.4, 0.5) is 8.78 Å². The molecule has 0 heterocycles. The Hall–Kier alpha value is -1.29. The van der Waals surface area contributed by atoms with Gasteiger partial charge in [0.25, 0.3) is 0 Å². The zero-order valence-electron chi connectivity index (χ0n) is 9.84. The molecule has 0 aromatic heterocycles. The van der Waals surface area contributed by atoms with Crippen molar-refractivity contribution in [3.63, 3.8) is 0 Å². The average molecular weight is 227 g/mol. The highest BCUT2D eigenvalue weighted by atomic mass is 19.1. The number of nitrogens with zero attached hydrogens (tertiary/aromatic N) is 1. The van der Waals surface area contributed by atoms with Gasteiger partial charge in [0.2, 0.25) is 0 Å². The third kappa shape index (κ3) is 2.44. The summed E-state index contributed by atoms with van der Waals surface area (Å²) in [6, 6.07) is 2.85. The van der Waals surface area contributed by atoms with E-state index in [-0.39, 0.29) is 11.3 Å². The first-order valence-electron chi connectivity index (χ1n) is 4.93. The Morgan fingerprint density at radius 3 is 1.94 bits per heavy atom. The smallest absolute Gasteiger partial charge is 0.182 e. The lowest BCUT2D eigenvalue weighted by molar-refractivity contribution is 0.0754. The van der Waals surface area contributed by atoms with E-state index in [1.807, 2.05) is 0 Å². The number of hydrogen-bond acceptors (Lipinski definition) is 2. The number of carbonyl (C=O) groups excluding carboxylic acids is 1. The number of hydrogen-bond donors (Lipinski definition) is 0. The van der Waals surface area contributed by atoms with Crippen LogP contribution in [0, 0.1) is 11.6 Å². The van der Waals surface area contributed by atoms with Crippen LogP contribution in [0.15, 0.2) is 18.2 Å². The number of halogens is 2. The summed E-state index contributed by atoms with van der Waals surface area (Å²) in [4.78, 5) is 13.7. The first-order valence-corrected chi connectivity index (χ1v) is 4.93. The van der Waals surface area contributed by atoms with Crippen LogP contribution < -0.4 is 0 Å². The molecule has 0 amide bonds. The van der Waals surface area contributed by atoms with E-state index in [0.717, 1.165) is 18.2 Å². The normalized spacial score (nSPS) is 11.9. The average Bonchev–Trinajstić information content (AvgIpc) is 2.14. The molecule has 0 aliphatic heterocycles. The van der Waals surface area contributed by atoms with Gasteiger partial charge in [-0.15, -0.1) is 0 Å². The van der Waals surface area contributed by atoms with Gasteiger partial charge in [0.15, 0.2) is 5.78 Å². The highest BCUT2D eigenvalue weighted by molar-refractivity contribution is 6.02. The molecule has 0 aliphatic carbocycles. The maximum Gasteiger partial charge on any atom is 0.182 e. The predicted molar refractivity (Wildman–Crippen MR) is 58.5 cm³/mol. The van der Waals surface area contributed by atoms with Crippen LogP contribution in [0.25, 0.3) is 0 Å². The topological polar surface area (TPSA) is 20.3 Å². The molecule has 0 bridgehead atoms. The molecule has 0 spiro atoms. The number of Topliss-reactive ketones (excluding diaryl/α,β-unsaturated/α-hetero) is 1. The van der Waals surface area contributed by atoms with Crippen molar-refractivity contribution >= 4 is 5.78 Å². The van der Waals surface area contributed by atoms with Gasteiger partial charge in [0.05, 0.1) is 5.54 Å². The molecular weight excluding hydrogens is 212 g/mol. The van der Waals surface area contributed by atoms with E-state index in [0.29, 0.717) is 0 Å². The van der Waals surface area contributed by atoms with Gasteiger partial charge in [-0.1, -0.05) is 0 Å². The van der Waals surface area contributed by atoms with Gasteiger partial charge in [-0.3, -0.25) is 9.69 Å². The second-order valence-electron chi connectivity index (χ2n) is 4.44. The summed E-state index contributed by atoms with van der Waals surface area (Å²) in [5, 5.41) is 0. The van der Waals surface area contributed by atoms with Gasteiger partial charge in [0.1, 0.15) is 11.6 Å². The number of benzene rings is 1. The highest BCUT2D eigenvalue weighted by Crippen LogP contribution is 2.19. The van der Waals surface area contributed by atoms with Crippen molar-refractivity contribution in [1.29, 1.82) is 0 Å². The Bertz CT molecular complexity index is 393. The molecule has 16 heavy (non-hydrogen) atoms. The zero-order valence-corrected chi connectivity index (χ0v) is 9.84. The van der Waals surface area contributed by atoms with Crippen molar-refractivity contribution in [1.82, 2.24) is 4.90 Å². The van der Waals surface area contributed by atoms with E-state index in [1.54, 1.807) is 32.8 Å². The van der Waals surface area contributed by atoms with Gasteiger partial charge in [0, 0.05) is 11.6 Å². The van der Waals surface area contributed by atoms with E-state index in [2.05, 4.69) is 0 Å². The van der Waals surface area contributed by atoms with Crippen molar-refractivity contribution in [3.8, 4) is 0 Å². The summed E-state index contributed by atoms with van der Waals surface area (Å²) in [6.45, 7) is 3.41. The fourth-order valence-electron chi connectivity index (χ4n) is 1.24. The van der Waals surface area contributed by atoms with Crippen LogP contribution in [0.5, 0.6) is 0 Å². The quantitative estimate of drug-likeness (QED) is 0.739. The molecule has 1 aromatic rings. The van der Waals surface area contributed by atoms with Crippen molar-refractivity contribution < 1.29 is 13.6 Å². The van der Waals surface area contributed by atoms with Crippen molar-refractivity contribution in [2.75, 3.05) is 14.1 Å². The third-order valence-corrected chi connectivity index (χ3v) is 2.80. The molecular formula is C12H15F2NO. The molecule has 0 N–H and O–H groups in total. The summed E-state index contributed by atoms with van der Waals surface area (Å²) in [5.41, 5.74) is -0.739. The molecule has 1 rings (SSSR count). The maximum atomic E-state index is 13.0. The molecule has 0 saturated heterocycles. The Morgan fingerprint density at radius 2 is 1.56 bits per heavy atom.